The number of carbonyl (C=O) groups excluding carboxylic acids is 4. The first-order valence-corrected chi connectivity index (χ1v) is 9.28. The third-order valence-electron chi connectivity index (χ3n) is 4.62. The van der Waals surface area contributed by atoms with Crippen molar-refractivity contribution in [3.63, 3.8) is 0 Å². The number of aliphatic carboxylic acids is 1. The highest BCUT2D eigenvalue weighted by Gasteiger charge is 2.39. The van der Waals surface area contributed by atoms with Gasteiger partial charge in [0.2, 0.25) is 23.6 Å². The molecule has 0 saturated carbocycles. The van der Waals surface area contributed by atoms with Gasteiger partial charge >= 0.3 is 5.97 Å². The molecule has 1 saturated heterocycles. The smallest absolute Gasteiger partial charge is 0.328 e. The Labute approximate surface area is 168 Å². The quantitative estimate of drug-likeness (QED) is 0.215. The van der Waals surface area contributed by atoms with Crippen molar-refractivity contribution in [3.05, 3.63) is 0 Å². The molecule has 4 atom stereocenters. The average molecular weight is 415 g/mol. The zero-order valence-electron chi connectivity index (χ0n) is 16.5. The number of hydrogen-bond acceptors (Lipinski definition) is 7. The number of carbonyl (C=O) groups is 5. The van der Waals surface area contributed by atoms with Crippen molar-refractivity contribution in [1.82, 2.24) is 15.5 Å². The Morgan fingerprint density at radius 3 is 2.28 bits per heavy atom. The van der Waals surface area contributed by atoms with Crippen LogP contribution < -0.4 is 22.1 Å². The molecular formula is C17H29N5O7. The topological polar surface area (TPSA) is 205 Å². The molecule has 0 spiro atoms. The van der Waals surface area contributed by atoms with Crippen LogP contribution in [0.2, 0.25) is 0 Å². The number of nitrogens with two attached hydrogens (primary N) is 2. The van der Waals surface area contributed by atoms with E-state index in [1.165, 1.54) is 4.90 Å². The van der Waals surface area contributed by atoms with Crippen LogP contribution in [0.4, 0.5) is 0 Å². The lowest BCUT2D eigenvalue weighted by Crippen LogP contribution is -2.58. The Hall–Kier alpha value is -2.73. The van der Waals surface area contributed by atoms with Gasteiger partial charge in [-0.1, -0.05) is 13.8 Å². The molecule has 12 nitrogen and oxygen atoms in total. The molecule has 4 amide bonds. The van der Waals surface area contributed by atoms with E-state index in [9.17, 15) is 24.0 Å². The van der Waals surface area contributed by atoms with Crippen LogP contribution in [-0.2, 0) is 24.0 Å². The number of primary amides is 1. The number of hydrogen-bond donors (Lipinski definition) is 6. The molecule has 1 rings (SSSR count). The number of aliphatic hydroxyl groups excluding tert-OH is 1. The second-order valence-electron chi connectivity index (χ2n) is 7.28. The fourth-order valence-corrected chi connectivity index (χ4v) is 3.02. The summed E-state index contributed by atoms with van der Waals surface area (Å²) in [5.41, 5.74) is 10.6. The van der Waals surface area contributed by atoms with Crippen LogP contribution in [-0.4, -0.2) is 82.0 Å². The molecule has 12 heteroatoms. The normalized spacial score (nSPS) is 19.3. The van der Waals surface area contributed by atoms with Gasteiger partial charge in [-0.05, 0) is 18.8 Å². The van der Waals surface area contributed by atoms with Crippen LogP contribution in [0.3, 0.4) is 0 Å². The van der Waals surface area contributed by atoms with Crippen LogP contribution in [0.5, 0.6) is 0 Å². The number of aliphatic hydroxyl groups is 1. The van der Waals surface area contributed by atoms with Crippen LogP contribution in [0.1, 0.15) is 33.1 Å². The first-order chi connectivity index (χ1) is 13.5. The van der Waals surface area contributed by atoms with Gasteiger partial charge in [-0.15, -0.1) is 0 Å². The standard InChI is InChI=1S/C17H29N5O7/c1-8(2)13(21-14(25)9(18)6-12(19)24)16(27)22-5-3-4-11(22)15(26)20-10(7-23)17(28)29/h8-11,13,23H,3-7,18H2,1-2H3,(H2,19,24)(H,20,26)(H,21,25)(H,28,29). The summed E-state index contributed by atoms with van der Waals surface area (Å²) in [5, 5.41) is 22.7. The summed E-state index contributed by atoms with van der Waals surface area (Å²) >= 11 is 0. The molecule has 164 valence electrons. The highest BCUT2D eigenvalue weighted by atomic mass is 16.4. The molecule has 8 N–H and O–H groups in total. The molecule has 0 aromatic heterocycles. The molecule has 0 aromatic rings. The SMILES string of the molecule is CC(C)C(NC(=O)C(N)CC(N)=O)C(=O)N1CCCC1C(=O)NC(CO)C(=O)O. The summed E-state index contributed by atoms with van der Waals surface area (Å²) < 4.78 is 0. The van der Waals surface area contributed by atoms with E-state index in [1.54, 1.807) is 13.8 Å². The summed E-state index contributed by atoms with van der Waals surface area (Å²) in [4.78, 5) is 60.9. The van der Waals surface area contributed by atoms with Crippen molar-refractivity contribution in [2.75, 3.05) is 13.2 Å². The maximum Gasteiger partial charge on any atom is 0.328 e. The maximum atomic E-state index is 13.0. The lowest BCUT2D eigenvalue weighted by Gasteiger charge is -2.31. The summed E-state index contributed by atoms with van der Waals surface area (Å²) in [5.74, 6) is -4.44. The van der Waals surface area contributed by atoms with Gasteiger partial charge in [0, 0.05) is 6.54 Å². The van der Waals surface area contributed by atoms with Gasteiger partial charge in [0.15, 0.2) is 0 Å². The Kier molecular flexibility index (Phi) is 8.98. The number of rotatable bonds is 10. The molecule has 29 heavy (non-hydrogen) atoms. The molecule has 1 aliphatic rings. The van der Waals surface area contributed by atoms with Crippen molar-refractivity contribution in [3.8, 4) is 0 Å². The first kappa shape index (κ1) is 24.3. The Morgan fingerprint density at radius 1 is 1.17 bits per heavy atom. The molecule has 0 aromatic carbocycles. The lowest BCUT2D eigenvalue weighted by atomic mass is 10.0. The van der Waals surface area contributed by atoms with Crippen molar-refractivity contribution in [2.45, 2.75) is 57.3 Å². The van der Waals surface area contributed by atoms with Crippen molar-refractivity contribution in [2.24, 2.45) is 17.4 Å². The third kappa shape index (κ3) is 6.68. The first-order valence-electron chi connectivity index (χ1n) is 9.28. The van der Waals surface area contributed by atoms with Gasteiger partial charge in [-0.2, -0.15) is 0 Å². The minimum Gasteiger partial charge on any atom is -0.480 e. The van der Waals surface area contributed by atoms with Crippen LogP contribution in [0.15, 0.2) is 0 Å². The Balaban J connectivity index is 2.90. The molecule has 0 bridgehead atoms. The van der Waals surface area contributed by atoms with Crippen LogP contribution in [0, 0.1) is 5.92 Å². The molecule has 4 unspecified atom stereocenters. The number of nitrogens with one attached hydrogen (secondary N) is 2. The van der Waals surface area contributed by atoms with E-state index in [0.29, 0.717) is 12.8 Å². The number of carboxylic acids is 1. The number of likely N-dealkylation sites (tertiary alicyclic amines) is 1. The molecule has 0 aliphatic carbocycles. The van der Waals surface area contributed by atoms with E-state index in [0.717, 1.165) is 0 Å². The van der Waals surface area contributed by atoms with Crippen molar-refractivity contribution >= 4 is 29.6 Å². The Morgan fingerprint density at radius 2 is 1.79 bits per heavy atom. The fourth-order valence-electron chi connectivity index (χ4n) is 3.02. The third-order valence-corrected chi connectivity index (χ3v) is 4.62. The summed E-state index contributed by atoms with van der Waals surface area (Å²) in [6.07, 6.45) is 0.452. The van der Waals surface area contributed by atoms with E-state index in [-0.39, 0.29) is 18.9 Å². The second kappa shape index (κ2) is 10.7. The molecule has 1 fully saturated rings. The zero-order valence-corrected chi connectivity index (χ0v) is 16.5. The minimum absolute atomic E-state index is 0.250. The van der Waals surface area contributed by atoms with Gasteiger partial charge in [-0.25, -0.2) is 4.79 Å². The molecule has 1 heterocycles. The van der Waals surface area contributed by atoms with E-state index in [2.05, 4.69) is 10.6 Å². The van der Waals surface area contributed by atoms with E-state index in [4.69, 9.17) is 21.7 Å². The van der Waals surface area contributed by atoms with Gasteiger partial charge in [0.1, 0.15) is 18.1 Å². The predicted octanol–water partition coefficient (Wildman–Crippen LogP) is -3.12. The zero-order chi connectivity index (χ0) is 22.3. The van der Waals surface area contributed by atoms with Gasteiger partial charge < -0.3 is 37.2 Å². The highest BCUT2D eigenvalue weighted by Crippen LogP contribution is 2.20. The van der Waals surface area contributed by atoms with Gasteiger partial charge in [0.25, 0.3) is 0 Å². The van der Waals surface area contributed by atoms with E-state index in [1.807, 2.05) is 0 Å². The van der Waals surface area contributed by atoms with Crippen LogP contribution >= 0.6 is 0 Å². The maximum absolute atomic E-state index is 13.0. The number of amides is 4. The second-order valence-corrected chi connectivity index (χ2v) is 7.28. The lowest BCUT2D eigenvalue weighted by molar-refractivity contribution is -0.146. The average Bonchev–Trinajstić information content (AvgIpc) is 3.11. The molecule has 0 radical (unpaired) electrons. The highest BCUT2D eigenvalue weighted by molar-refractivity contribution is 5.95. The fraction of sp³-hybridized carbons (Fsp3) is 0.706. The number of nitrogens with zero attached hydrogens (tertiary/aromatic N) is 1. The number of carboxylic acid groups (broad SMARTS) is 1. The molecular weight excluding hydrogens is 386 g/mol. The summed E-state index contributed by atoms with van der Waals surface area (Å²) in [7, 11) is 0. The largest absolute Gasteiger partial charge is 0.480 e. The van der Waals surface area contributed by atoms with Crippen LogP contribution in [0.25, 0.3) is 0 Å². The van der Waals surface area contributed by atoms with Gasteiger partial charge in [0.05, 0.1) is 19.1 Å². The van der Waals surface area contributed by atoms with Crippen molar-refractivity contribution < 1.29 is 34.2 Å². The Bertz CT molecular complexity index is 654. The monoisotopic (exact) mass is 415 g/mol. The van der Waals surface area contributed by atoms with Gasteiger partial charge in [-0.3, -0.25) is 19.2 Å². The van der Waals surface area contributed by atoms with Crippen molar-refractivity contribution in [1.29, 1.82) is 0 Å². The molecule has 1 aliphatic heterocycles. The van der Waals surface area contributed by atoms with E-state index >= 15 is 0 Å². The minimum atomic E-state index is -1.48. The predicted molar refractivity (Wildman–Crippen MR) is 99.9 cm³/mol. The summed E-state index contributed by atoms with van der Waals surface area (Å²) in [6.45, 7) is 2.85. The summed E-state index contributed by atoms with van der Waals surface area (Å²) in [6, 6.07) is -4.61. The van der Waals surface area contributed by atoms with E-state index < -0.39 is 60.4 Å².